The lowest BCUT2D eigenvalue weighted by molar-refractivity contribution is 0.417. The lowest BCUT2D eigenvalue weighted by atomic mass is 10.1. The molecule has 0 spiro atoms. The van der Waals surface area contributed by atoms with Gasteiger partial charge >= 0.3 is 0 Å². The number of methoxy groups -OCH3 is 1. The summed E-state index contributed by atoms with van der Waals surface area (Å²) in [6.45, 7) is 0. The van der Waals surface area contributed by atoms with Gasteiger partial charge in [0.2, 0.25) is 0 Å². The van der Waals surface area contributed by atoms with Crippen molar-refractivity contribution >= 4 is 42.2 Å². The third-order valence-electron chi connectivity index (χ3n) is 4.91. The molecule has 0 saturated carbocycles. The Balaban J connectivity index is 1.66. The highest BCUT2D eigenvalue weighted by Crippen LogP contribution is 2.31. The molecule has 170 valence electrons. The molecule has 0 radical (unpaired) electrons. The second-order valence-electron chi connectivity index (χ2n) is 7.10. The first-order valence-electron chi connectivity index (χ1n) is 9.70. The summed E-state index contributed by atoms with van der Waals surface area (Å²) in [5.74, 6) is -0.104. The van der Waals surface area contributed by atoms with E-state index in [1.165, 1.54) is 31.4 Å². The normalized spacial score (nSPS) is 11.8. The summed E-state index contributed by atoms with van der Waals surface area (Å²) in [6.07, 6.45) is 0. The topological polar surface area (TPSA) is 122 Å². The van der Waals surface area contributed by atoms with Gasteiger partial charge in [-0.3, -0.25) is 9.44 Å². The monoisotopic (exact) mass is 484 g/mol. The molecule has 4 aromatic rings. The minimum atomic E-state index is -4.11. The Labute approximate surface area is 191 Å². The zero-order valence-corrected chi connectivity index (χ0v) is 19.0. The Kier molecular flexibility index (Phi) is 5.88. The van der Waals surface area contributed by atoms with Crippen LogP contribution in [-0.4, -0.2) is 29.1 Å². The van der Waals surface area contributed by atoms with Gasteiger partial charge in [0.05, 0.1) is 28.3 Å². The van der Waals surface area contributed by atoms with Crippen LogP contribution in [0.25, 0.3) is 10.8 Å². The van der Waals surface area contributed by atoms with Gasteiger partial charge in [-0.1, -0.05) is 42.5 Å². The first-order chi connectivity index (χ1) is 15.7. The molecule has 8 nitrogen and oxygen atoms in total. The maximum Gasteiger partial charge on any atom is 0.262 e. The number of rotatable bonds is 7. The molecule has 0 amide bonds. The average Bonchev–Trinajstić information content (AvgIpc) is 2.80. The maximum atomic E-state index is 12.9. The summed E-state index contributed by atoms with van der Waals surface area (Å²) < 4.78 is 61.5. The van der Waals surface area contributed by atoms with Crippen LogP contribution >= 0.6 is 0 Å². The fourth-order valence-corrected chi connectivity index (χ4v) is 5.43. The largest absolute Gasteiger partial charge is 0.506 e. The van der Waals surface area contributed by atoms with Gasteiger partial charge in [0.1, 0.15) is 11.5 Å². The van der Waals surface area contributed by atoms with Crippen molar-refractivity contribution in [1.29, 1.82) is 0 Å². The molecule has 3 N–H and O–H groups in total. The Bertz CT molecular complexity index is 1550. The van der Waals surface area contributed by atoms with Gasteiger partial charge in [0, 0.05) is 0 Å². The predicted molar refractivity (Wildman–Crippen MR) is 127 cm³/mol. The van der Waals surface area contributed by atoms with Crippen molar-refractivity contribution in [3.8, 4) is 11.5 Å². The number of nitrogens with one attached hydrogen (secondary N) is 2. The van der Waals surface area contributed by atoms with Gasteiger partial charge in [-0.15, -0.1) is 0 Å². The molecule has 0 aliphatic heterocycles. The van der Waals surface area contributed by atoms with E-state index in [2.05, 4.69) is 9.44 Å². The van der Waals surface area contributed by atoms with Gasteiger partial charge in [0.25, 0.3) is 20.0 Å². The molecule has 0 saturated heterocycles. The van der Waals surface area contributed by atoms with Crippen LogP contribution in [0.15, 0.2) is 94.7 Å². The van der Waals surface area contributed by atoms with Crippen molar-refractivity contribution < 1.29 is 26.7 Å². The number of aromatic hydroxyl groups is 1. The van der Waals surface area contributed by atoms with Crippen molar-refractivity contribution in [3.63, 3.8) is 0 Å². The third-order valence-corrected chi connectivity index (χ3v) is 7.63. The first kappa shape index (κ1) is 22.4. The van der Waals surface area contributed by atoms with Crippen LogP contribution in [0.2, 0.25) is 0 Å². The summed E-state index contributed by atoms with van der Waals surface area (Å²) in [7, 11) is -6.80. The fourth-order valence-electron chi connectivity index (χ4n) is 3.23. The van der Waals surface area contributed by atoms with Gasteiger partial charge in [-0.25, -0.2) is 16.8 Å². The molecule has 0 aromatic heterocycles. The van der Waals surface area contributed by atoms with Gasteiger partial charge < -0.3 is 9.84 Å². The molecule has 4 rings (SSSR count). The molecule has 0 fully saturated rings. The quantitative estimate of drug-likeness (QED) is 0.339. The lowest BCUT2D eigenvalue weighted by Gasteiger charge is -2.14. The zero-order valence-electron chi connectivity index (χ0n) is 17.4. The van der Waals surface area contributed by atoms with Crippen molar-refractivity contribution in [1.82, 2.24) is 0 Å². The highest BCUT2D eigenvalue weighted by Gasteiger charge is 2.21. The van der Waals surface area contributed by atoms with Crippen molar-refractivity contribution in [2.45, 2.75) is 9.79 Å². The second-order valence-corrected chi connectivity index (χ2v) is 10.5. The molecular formula is C23H20N2O6S2. The van der Waals surface area contributed by atoms with Crippen molar-refractivity contribution in [2.75, 3.05) is 16.6 Å². The summed E-state index contributed by atoms with van der Waals surface area (Å²) >= 11 is 0. The van der Waals surface area contributed by atoms with Gasteiger partial charge in [-0.05, 0) is 53.2 Å². The number of hydrogen-bond donors (Lipinski definition) is 3. The fraction of sp³-hybridized carbons (Fsp3) is 0.0435. The van der Waals surface area contributed by atoms with Crippen LogP contribution in [0.3, 0.4) is 0 Å². The number of ether oxygens (including phenoxy) is 1. The van der Waals surface area contributed by atoms with E-state index in [9.17, 15) is 21.9 Å². The Morgan fingerprint density at radius 3 is 1.97 bits per heavy atom. The maximum absolute atomic E-state index is 12.9. The van der Waals surface area contributed by atoms with E-state index in [4.69, 9.17) is 4.74 Å². The Morgan fingerprint density at radius 1 is 0.667 bits per heavy atom. The van der Waals surface area contributed by atoms with Crippen LogP contribution in [0.1, 0.15) is 0 Å². The van der Waals surface area contributed by atoms with E-state index in [1.807, 2.05) is 12.1 Å². The van der Waals surface area contributed by atoms with Crippen LogP contribution in [0, 0.1) is 0 Å². The number of fused-ring (bicyclic) bond motifs is 1. The predicted octanol–water partition coefficient (Wildman–Crippen LogP) is 4.16. The van der Waals surface area contributed by atoms with E-state index >= 15 is 0 Å². The van der Waals surface area contributed by atoms with Crippen molar-refractivity contribution in [2.24, 2.45) is 0 Å². The molecular weight excluding hydrogens is 464 g/mol. The number of anilines is 2. The van der Waals surface area contributed by atoms with Gasteiger partial charge in [-0.2, -0.15) is 0 Å². The van der Waals surface area contributed by atoms with E-state index in [1.54, 1.807) is 36.4 Å². The highest BCUT2D eigenvalue weighted by atomic mass is 32.2. The molecule has 0 atom stereocenters. The van der Waals surface area contributed by atoms with E-state index in [0.717, 1.165) is 22.9 Å². The van der Waals surface area contributed by atoms with Crippen LogP contribution in [-0.2, 0) is 20.0 Å². The molecule has 33 heavy (non-hydrogen) atoms. The molecule has 10 heteroatoms. The number of phenolic OH excluding ortho intramolecular Hbond substituents is 1. The van der Waals surface area contributed by atoms with Crippen LogP contribution < -0.4 is 14.2 Å². The molecule has 0 heterocycles. The van der Waals surface area contributed by atoms with Gasteiger partial charge in [0.15, 0.2) is 0 Å². The number of sulfonamides is 2. The van der Waals surface area contributed by atoms with E-state index < -0.39 is 25.8 Å². The zero-order chi connectivity index (χ0) is 23.6. The average molecular weight is 485 g/mol. The Morgan fingerprint density at radius 2 is 1.24 bits per heavy atom. The molecule has 0 aliphatic carbocycles. The number of hydrogen-bond acceptors (Lipinski definition) is 6. The highest BCUT2D eigenvalue weighted by molar-refractivity contribution is 7.93. The number of phenols is 1. The second kappa shape index (κ2) is 8.64. The van der Waals surface area contributed by atoms with E-state index in [-0.39, 0.29) is 21.2 Å². The summed E-state index contributed by atoms with van der Waals surface area (Å²) in [5, 5.41) is 11.8. The van der Waals surface area contributed by atoms with Crippen LogP contribution in [0.4, 0.5) is 11.4 Å². The standard InChI is InChI=1S/C23H20N2O6S2/c1-31-23-9-5-4-8-20(23)24-33(29,30)19-12-13-22(26)21(15-19)25-32(27,28)18-11-10-16-6-2-3-7-17(16)14-18/h2-15,24-26H,1H3. The third kappa shape index (κ3) is 4.71. The smallest absolute Gasteiger partial charge is 0.262 e. The summed E-state index contributed by atoms with van der Waals surface area (Å²) in [6, 6.07) is 21.7. The van der Waals surface area contributed by atoms with Crippen molar-refractivity contribution in [3.05, 3.63) is 84.9 Å². The lowest BCUT2D eigenvalue weighted by Crippen LogP contribution is -2.16. The summed E-state index contributed by atoms with van der Waals surface area (Å²) in [5.41, 5.74) is -0.0579. The molecule has 0 unspecified atom stereocenters. The molecule has 4 aromatic carbocycles. The van der Waals surface area contributed by atoms with E-state index in [0.29, 0.717) is 5.75 Å². The number of para-hydroxylation sites is 2. The van der Waals surface area contributed by atoms with Crippen LogP contribution in [0.5, 0.6) is 11.5 Å². The number of benzene rings is 4. The minimum Gasteiger partial charge on any atom is -0.506 e. The Hall–Kier alpha value is -3.76. The molecule has 0 bridgehead atoms. The minimum absolute atomic E-state index is 0.0268. The first-order valence-corrected chi connectivity index (χ1v) is 12.7. The molecule has 0 aliphatic rings. The SMILES string of the molecule is COc1ccccc1NS(=O)(=O)c1ccc(O)c(NS(=O)(=O)c2ccc3ccccc3c2)c1. The summed E-state index contributed by atoms with van der Waals surface area (Å²) in [4.78, 5) is -0.275.